The fourth-order valence-electron chi connectivity index (χ4n) is 3.07. The van der Waals surface area contributed by atoms with Crippen molar-refractivity contribution in [3.63, 3.8) is 0 Å². The molecule has 0 fully saturated rings. The number of benzene rings is 1. The quantitative estimate of drug-likeness (QED) is 0.743. The Morgan fingerprint density at radius 3 is 2.56 bits per heavy atom. The van der Waals surface area contributed by atoms with Crippen LogP contribution < -0.4 is 0 Å². The SMILES string of the molecule is Cc1cc(O)c2c(c1)[C@H](C(C)C)CC[C@H]2C. The molecule has 0 bridgehead atoms. The maximum Gasteiger partial charge on any atom is 0.119 e. The molecule has 0 heterocycles. The second-order valence-corrected chi connectivity index (χ2v) is 5.62. The topological polar surface area (TPSA) is 20.2 Å². The normalized spacial score (nSPS) is 24.6. The van der Waals surface area contributed by atoms with Gasteiger partial charge in [-0.25, -0.2) is 0 Å². The van der Waals surface area contributed by atoms with Gasteiger partial charge >= 0.3 is 0 Å². The molecule has 2 rings (SSSR count). The van der Waals surface area contributed by atoms with Crippen molar-refractivity contribution in [1.82, 2.24) is 0 Å². The van der Waals surface area contributed by atoms with Crippen molar-refractivity contribution < 1.29 is 5.11 Å². The molecule has 0 aromatic heterocycles. The maximum absolute atomic E-state index is 10.1. The smallest absolute Gasteiger partial charge is 0.119 e. The van der Waals surface area contributed by atoms with E-state index in [0.717, 1.165) is 0 Å². The van der Waals surface area contributed by atoms with Crippen molar-refractivity contribution >= 4 is 0 Å². The third-order valence-corrected chi connectivity index (χ3v) is 3.94. The summed E-state index contributed by atoms with van der Waals surface area (Å²) in [7, 11) is 0. The molecule has 1 heteroatoms. The summed E-state index contributed by atoms with van der Waals surface area (Å²) in [5, 5.41) is 10.1. The monoisotopic (exact) mass is 218 g/mol. The summed E-state index contributed by atoms with van der Waals surface area (Å²) in [6.07, 6.45) is 2.46. The van der Waals surface area contributed by atoms with Gasteiger partial charge in [0, 0.05) is 5.56 Å². The minimum atomic E-state index is 0.505. The molecule has 0 aliphatic heterocycles. The predicted molar refractivity (Wildman–Crippen MR) is 68.1 cm³/mol. The average molecular weight is 218 g/mol. The summed E-state index contributed by atoms with van der Waals surface area (Å²) >= 11 is 0. The first-order chi connectivity index (χ1) is 7.50. The number of phenolic OH excluding ortho intramolecular Hbond substituents is 1. The van der Waals surface area contributed by atoms with Crippen molar-refractivity contribution in [2.75, 3.05) is 0 Å². The van der Waals surface area contributed by atoms with E-state index in [1.807, 2.05) is 6.07 Å². The van der Waals surface area contributed by atoms with Gasteiger partial charge in [0.05, 0.1) is 0 Å². The highest BCUT2D eigenvalue weighted by Gasteiger charge is 2.29. The minimum absolute atomic E-state index is 0.505. The Bertz CT molecular complexity index is 393. The summed E-state index contributed by atoms with van der Waals surface area (Å²) in [5.41, 5.74) is 3.78. The van der Waals surface area contributed by atoms with Crippen LogP contribution in [0, 0.1) is 12.8 Å². The third-order valence-electron chi connectivity index (χ3n) is 3.94. The third kappa shape index (κ3) is 1.83. The number of hydrogen-bond donors (Lipinski definition) is 1. The zero-order valence-corrected chi connectivity index (χ0v) is 10.7. The van der Waals surface area contributed by atoms with Crippen molar-refractivity contribution in [2.24, 2.45) is 5.92 Å². The Balaban J connectivity index is 2.56. The Kier molecular flexibility index (Phi) is 2.96. The van der Waals surface area contributed by atoms with E-state index in [1.54, 1.807) is 0 Å². The van der Waals surface area contributed by atoms with Crippen LogP contribution in [0.15, 0.2) is 12.1 Å². The highest BCUT2D eigenvalue weighted by molar-refractivity contribution is 5.47. The van der Waals surface area contributed by atoms with Crippen LogP contribution in [0.25, 0.3) is 0 Å². The summed E-state index contributed by atoms with van der Waals surface area (Å²) in [6.45, 7) is 8.86. The second kappa shape index (κ2) is 4.12. The predicted octanol–water partition coefficient (Wildman–Crippen LogP) is 4.34. The lowest BCUT2D eigenvalue weighted by Gasteiger charge is -2.33. The fourth-order valence-corrected chi connectivity index (χ4v) is 3.07. The highest BCUT2D eigenvalue weighted by atomic mass is 16.3. The molecular formula is C15H22O. The largest absolute Gasteiger partial charge is 0.508 e. The number of rotatable bonds is 1. The summed E-state index contributed by atoms with van der Waals surface area (Å²) < 4.78 is 0. The van der Waals surface area contributed by atoms with Crippen LogP contribution >= 0.6 is 0 Å². The number of phenols is 1. The first-order valence-corrected chi connectivity index (χ1v) is 6.34. The van der Waals surface area contributed by atoms with Gasteiger partial charge < -0.3 is 5.11 Å². The molecule has 1 aromatic rings. The lowest BCUT2D eigenvalue weighted by Crippen LogP contribution is -2.17. The van der Waals surface area contributed by atoms with Crippen LogP contribution in [0.4, 0.5) is 0 Å². The molecule has 1 aliphatic carbocycles. The number of hydrogen-bond acceptors (Lipinski definition) is 1. The Morgan fingerprint density at radius 1 is 1.25 bits per heavy atom. The Labute approximate surface area is 98.5 Å². The van der Waals surface area contributed by atoms with Gasteiger partial charge in [-0.2, -0.15) is 0 Å². The molecular weight excluding hydrogens is 196 g/mol. The minimum Gasteiger partial charge on any atom is -0.508 e. The molecule has 2 atom stereocenters. The van der Waals surface area contributed by atoms with Gasteiger partial charge in [0.15, 0.2) is 0 Å². The maximum atomic E-state index is 10.1. The number of aryl methyl sites for hydroxylation is 1. The van der Waals surface area contributed by atoms with Crippen LogP contribution in [0.3, 0.4) is 0 Å². The molecule has 1 nitrogen and oxygen atoms in total. The zero-order chi connectivity index (χ0) is 11.9. The number of fused-ring (bicyclic) bond motifs is 1. The molecule has 0 saturated heterocycles. The van der Waals surface area contributed by atoms with Crippen LogP contribution in [0.2, 0.25) is 0 Å². The van der Waals surface area contributed by atoms with Crippen LogP contribution in [0.5, 0.6) is 5.75 Å². The molecule has 0 saturated carbocycles. The van der Waals surface area contributed by atoms with E-state index in [4.69, 9.17) is 0 Å². The molecule has 1 N–H and O–H groups in total. The van der Waals surface area contributed by atoms with Crippen LogP contribution in [-0.2, 0) is 0 Å². The van der Waals surface area contributed by atoms with Crippen molar-refractivity contribution in [3.8, 4) is 5.75 Å². The van der Waals surface area contributed by atoms with Gasteiger partial charge in [-0.15, -0.1) is 0 Å². The van der Waals surface area contributed by atoms with Gasteiger partial charge in [-0.1, -0.05) is 26.8 Å². The molecule has 0 spiro atoms. The molecule has 88 valence electrons. The Hall–Kier alpha value is -0.980. The summed E-state index contributed by atoms with van der Waals surface area (Å²) in [6, 6.07) is 4.17. The second-order valence-electron chi connectivity index (χ2n) is 5.62. The van der Waals surface area contributed by atoms with Gasteiger partial charge in [0.25, 0.3) is 0 Å². The van der Waals surface area contributed by atoms with Gasteiger partial charge in [-0.3, -0.25) is 0 Å². The fraction of sp³-hybridized carbons (Fsp3) is 0.600. The van der Waals surface area contributed by atoms with Crippen LogP contribution in [0.1, 0.15) is 62.1 Å². The van der Waals surface area contributed by atoms with Crippen molar-refractivity contribution in [2.45, 2.75) is 52.4 Å². The molecule has 1 aromatic carbocycles. The van der Waals surface area contributed by atoms with E-state index in [0.29, 0.717) is 23.5 Å². The average Bonchev–Trinajstić information content (AvgIpc) is 2.15. The lowest BCUT2D eigenvalue weighted by atomic mass is 9.72. The van der Waals surface area contributed by atoms with Gasteiger partial charge in [-0.05, 0) is 54.7 Å². The van der Waals surface area contributed by atoms with E-state index in [-0.39, 0.29) is 0 Å². The number of aromatic hydroxyl groups is 1. The highest BCUT2D eigenvalue weighted by Crippen LogP contribution is 2.45. The molecule has 1 aliphatic rings. The first-order valence-electron chi connectivity index (χ1n) is 6.34. The lowest BCUT2D eigenvalue weighted by molar-refractivity contribution is 0.391. The molecule has 0 radical (unpaired) electrons. The first kappa shape index (κ1) is 11.5. The van der Waals surface area contributed by atoms with Crippen molar-refractivity contribution in [3.05, 3.63) is 28.8 Å². The van der Waals surface area contributed by atoms with E-state index in [2.05, 4.69) is 33.8 Å². The van der Waals surface area contributed by atoms with Crippen molar-refractivity contribution in [1.29, 1.82) is 0 Å². The van der Waals surface area contributed by atoms with E-state index in [9.17, 15) is 5.11 Å². The van der Waals surface area contributed by atoms with E-state index in [1.165, 1.54) is 29.5 Å². The Morgan fingerprint density at radius 2 is 1.94 bits per heavy atom. The van der Waals surface area contributed by atoms with Gasteiger partial charge in [0.1, 0.15) is 5.75 Å². The standard InChI is InChI=1S/C15H22O/c1-9(2)12-6-5-11(4)15-13(12)7-10(3)8-14(15)16/h7-9,11-12,16H,5-6H2,1-4H3/t11-,12+/m1/s1. The van der Waals surface area contributed by atoms with Gasteiger partial charge in [0.2, 0.25) is 0 Å². The summed E-state index contributed by atoms with van der Waals surface area (Å²) in [4.78, 5) is 0. The zero-order valence-electron chi connectivity index (χ0n) is 10.7. The van der Waals surface area contributed by atoms with E-state index >= 15 is 0 Å². The molecule has 16 heavy (non-hydrogen) atoms. The molecule has 0 amide bonds. The van der Waals surface area contributed by atoms with Crippen LogP contribution in [-0.4, -0.2) is 5.11 Å². The molecule has 0 unspecified atom stereocenters. The summed E-state index contributed by atoms with van der Waals surface area (Å²) in [5.74, 6) is 2.29. The van der Waals surface area contributed by atoms with E-state index < -0.39 is 0 Å².